The second-order valence-electron chi connectivity index (χ2n) is 3.75. The molecule has 1 amide bonds. The second-order valence-corrected chi connectivity index (χ2v) is 4.18. The highest BCUT2D eigenvalue weighted by Crippen LogP contribution is 2.30. The molecule has 2 unspecified atom stereocenters. The van der Waals surface area contributed by atoms with E-state index in [1.165, 1.54) is 0 Å². The molecule has 1 aliphatic heterocycles. The lowest BCUT2D eigenvalue weighted by Gasteiger charge is -2.15. The Morgan fingerprint density at radius 1 is 1.38 bits per heavy atom. The molecule has 2 N–H and O–H groups in total. The third-order valence-corrected chi connectivity index (χ3v) is 2.92. The molecule has 5 heteroatoms. The van der Waals surface area contributed by atoms with Crippen molar-refractivity contribution in [3.8, 4) is 0 Å². The second kappa shape index (κ2) is 4.14. The summed E-state index contributed by atoms with van der Waals surface area (Å²) >= 11 is 5.74. The van der Waals surface area contributed by atoms with Gasteiger partial charge in [-0.25, -0.2) is 0 Å². The molecule has 0 aromatic heterocycles. The highest BCUT2D eigenvalue weighted by molar-refractivity contribution is 6.30. The van der Waals surface area contributed by atoms with Gasteiger partial charge in [0.1, 0.15) is 0 Å². The molecule has 0 bridgehead atoms. The number of halogens is 1. The van der Waals surface area contributed by atoms with E-state index in [1.54, 1.807) is 24.3 Å². The third kappa shape index (κ3) is 2.02. The van der Waals surface area contributed by atoms with E-state index in [0.717, 1.165) is 5.56 Å². The number of amides is 1. The Bertz CT molecular complexity index is 429. The van der Waals surface area contributed by atoms with Gasteiger partial charge in [0, 0.05) is 11.4 Å². The van der Waals surface area contributed by atoms with Gasteiger partial charge in [-0.2, -0.15) is 0 Å². The van der Waals surface area contributed by atoms with Crippen molar-refractivity contribution < 1.29 is 14.7 Å². The van der Waals surface area contributed by atoms with Crippen molar-refractivity contribution in [3.63, 3.8) is 0 Å². The van der Waals surface area contributed by atoms with Crippen LogP contribution in [0.2, 0.25) is 5.02 Å². The van der Waals surface area contributed by atoms with Gasteiger partial charge >= 0.3 is 5.97 Å². The number of hydrogen-bond donors (Lipinski definition) is 2. The number of hydrogen-bond acceptors (Lipinski definition) is 2. The van der Waals surface area contributed by atoms with E-state index >= 15 is 0 Å². The van der Waals surface area contributed by atoms with Crippen LogP contribution in [0.4, 0.5) is 0 Å². The third-order valence-electron chi connectivity index (χ3n) is 2.67. The zero-order valence-corrected chi connectivity index (χ0v) is 9.07. The van der Waals surface area contributed by atoms with Crippen LogP contribution < -0.4 is 5.32 Å². The Labute approximate surface area is 97.2 Å². The monoisotopic (exact) mass is 239 g/mol. The van der Waals surface area contributed by atoms with Crippen molar-refractivity contribution in [2.24, 2.45) is 5.92 Å². The van der Waals surface area contributed by atoms with Gasteiger partial charge < -0.3 is 10.4 Å². The summed E-state index contributed by atoms with van der Waals surface area (Å²) in [6, 6.07) is 6.37. The maximum absolute atomic E-state index is 11.2. The molecule has 0 aliphatic carbocycles. The molecule has 4 nitrogen and oxygen atoms in total. The highest BCUT2D eigenvalue weighted by Gasteiger charge is 2.38. The molecular formula is C11H10ClNO3. The quantitative estimate of drug-likeness (QED) is 0.824. The van der Waals surface area contributed by atoms with Crippen LogP contribution in [0.5, 0.6) is 0 Å². The van der Waals surface area contributed by atoms with Crippen molar-refractivity contribution in [2.45, 2.75) is 12.5 Å². The van der Waals surface area contributed by atoms with Crippen LogP contribution >= 0.6 is 11.6 Å². The number of nitrogens with one attached hydrogen (secondary N) is 1. The fourth-order valence-corrected chi connectivity index (χ4v) is 1.99. The highest BCUT2D eigenvalue weighted by atomic mass is 35.5. The average molecular weight is 240 g/mol. The Balaban J connectivity index is 2.28. The molecular weight excluding hydrogens is 230 g/mol. The zero-order chi connectivity index (χ0) is 11.7. The first-order valence-corrected chi connectivity index (χ1v) is 5.23. The molecule has 2 atom stereocenters. The summed E-state index contributed by atoms with van der Waals surface area (Å²) in [7, 11) is 0. The van der Waals surface area contributed by atoms with Gasteiger partial charge in [-0.3, -0.25) is 9.59 Å². The first-order valence-electron chi connectivity index (χ1n) is 4.85. The van der Waals surface area contributed by atoms with Gasteiger partial charge in [0.15, 0.2) is 0 Å². The molecule has 1 fully saturated rings. The largest absolute Gasteiger partial charge is 0.481 e. The predicted molar refractivity (Wildman–Crippen MR) is 58.1 cm³/mol. The summed E-state index contributed by atoms with van der Waals surface area (Å²) in [5.74, 6) is -1.89. The number of carbonyl (C=O) groups excluding carboxylic acids is 1. The minimum atomic E-state index is -0.960. The minimum absolute atomic E-state index is 0.0304. The van der Waals surface area contributed by atoms with Crippen LogP contribution in [0, 0.1) is 5.92 Å². The average Bonchev–Trinajstić information content (AvgIpc) is 2.61. The molecule has 1 heterocycles. The molecule has 16 heavy (non-hydrogen) atoms. The normalized spacial score (nSPS) is 24.2. The number of rotatable bonds is 2. The van der Waals surface area contributed by atoms with Crippen LogP contribution in [0.1, 0.15) is 18.0 Å². The molecule has 0 saturated carbocycles. The summed E-state index contributed by atoms with van der Waals surface area (Å²) < 4.78 is 0. The Morgan fingerprint density at radius 2 is 2.00 bits per heavy atom. The zero-order valence-electron chi connectivity index (χ0n) is 8.31. The molecule has 1 aliphatic rings. The fraction of sp³-hybridized carbons (Fsp3) is 0.273. The Kier molecular flexibility index (Phi) is 2.83. The molecule has 0 radical (unpaired) electrons. The van der Waals surface area contributed by atoms with Gasteiger partial charge in [-0.15, -0.1) is 0 Å². The predicted octanol–water partition coefficient (Wildman–Crippen LogP) is 1.60. The molecule has 2 rings (SSSR count). The SMILES string of the molecule is O=C1CC(C(=O)O)C(c2ccc(Cl)cc2)N1. The summed E-state index contributed by atoms with van der Waals surface area (Å²) in [6.07, 6.45) is 0.0304. The lowest BCUT2D eigenvalue weighted by atomic mass is 9.94. The van der Waals surface area contributed by atoms with Gasteiger partial charge in [0.05, 0.1) is 12.0 Å². The van der Waals surface area contributed by atoms with Crippen LogP contribution in [-0.2, 0) is 9.59 Å². The number of benzene rings is 1. The molecule has 1 aromatic carbocycles. The summed E-state index contributed by atoms with van der Waals surface area (Å²) in [4.78, 5) is 22.2. The van der Waals surface area contributed by atoms with Crippen molar-refractivity contribution in [3.05, 3.63) is 34.9 Å². The van der Waals surface area contributed by atoms with Crippen molar-refractivity contribution in [1.29, 1.82) is 0 Å². The van der Waals surface area contributed by atoms with Crippen molar-refractivity contribution in [1.82, 2.24) is 5.32 Å². The maximum atomic E-state index is 11.2. The summed E-state index contributed by atoms with van der Waals surface area (Å²) in [6.45, 7) is 0. The fourth-order valence-electron chi connectivity index (χ4n) is 1.87. The summed E-state index contributed by atoms with van der Waals surface area (Å²) in [5.41, 5.74) is 0.766. The number of carboxylic acids is 1. The Hall–Kier alpha value is -1.55. The smallest absolute Gasteiger partial charge is 0.309 e. The first kappa shape index (κ1) is 11.0. The molecule has 0 spiro atoms. The van der Waals surface area contributed by atoms with E-state index in [2.05, 4.69) is 5.32 Å². The van der Waals surface area contributed by atoms with E-state index in [1.807, 2.05) is 0 Å². The van der Waals surface area contributed by atoms with E-state index in [4.69, 9.17) is 16.7 Å². The Morgan fingerprint density at radius 3 is 2.56 bits per heavy atom. The lowest BCUT2D eigenvalue weighted by molar-refractivity contribution is -0.142. The first-order chi connectivity index (χ1) is 7.58. The topological polar surface area (TPSA) is 66.4 Å². The minimum Gasteiger partial charge on any atom is -0.481 e. The number of carbonyl (C=O) groups is 2. The van der Waals surface area contributed by atoms with Gasteiger partial charge in [0.25, 0.3) is 0 Å². The van der Waals surface area contributed by atoms with Gasteiger partial charge in [0.2, 0.25) is 5.91 Å². The van der Waals surface area contributed by atoms with Crippen LogP contribution in [-0.4, -0.2) is 17.0 Å². The van der Waals surface area contributed by atoms with Crippen molar-refractivity contribution in [2.75, 3.05) is 0 Å². The van der Waals surface area contributed by atoms with Crippen molar-refractivity contribution >= 4 is 23.5 Å². The summed E-state index contributed by atoms with van der Waals surface area (Å²) in [5, 5.41) is 12.2. The standard InChI is InChI=1S/C11H10ClNO3/c12-7-3-1-6(2-4-7)10-8(11(15)16)5-9(14)13-10/h1-4,8,10H,5H2,(H,13,14)(H,15,16). The van der Waals surface area contributed by atoms with Gasteiger partial charge in [-0.05, 0) is 17.7 Å². The molecule has 1 aromatic rings. The number of aliphatic carboxylic acids is 1. The van der Waals surface area contributed by atoms with Gasteiger partial charge in [-0.1, -0.05) is 23.7 Å². The van der Waals surface area contributed by atoms with Crippen LogP contribution in [0.25, 0.3) is 0 Å². The number of carboxylic acid groups (broad SMARTS) is 1. The van der Waals surface area contributed by atoms with E-state index in [9.17, 15) is 9.59 Å². The van der Waals surface area contributed by atoms with E-state index in [-0.39, 0.29) is 12.3 Å². The van der Waals surface area contributed by atoms with Crippen LogP contribution in [0.15, 0.2) is 24.3 Å². The maximum Gasteiger partial charge on any atom is 0.309 e. The molecule has 84 valence electrons. The van der Waals surface area contributed by atoms with Crippen LogP contribution in [0.3, 0.4) is 0 Å². The van der Waals surface area contributed by atoms with E-state index < -0.39 is 17.9 Å². The van der Waals surface area contributed by atoms with E-state index in [0.29, 0.717) is 5.02 Å². The lowest BCUT2D eigenvalue weighted by Crippen LogP contribution is -2.24. The molecule has 1 saturated heterocycles.